The first-order chi connectivity index (χ1) is 10.7. The summed E-state index contributed by atoms with van der Waals surface area (Å²) in [6.07, 6.45) is 6.35. The van der Waals surface area contributed by atoms with Crippen molar-refractivity contribution in [2.75, 3.05) is 32.9 Å². The number of likely N-dealkylation sites (tertiary alicyclic amines) is 1. The van der Waals surface area contributed by atoms with E-state index in [1.807, 2.05) is 4.90 Å². The van der Waals surface area contributed by atoms with E-state index in [0.717, 1.165) is 25.9 Å². The van der Waals surface area contributed by atoms with Gasteiger partial charge >= 0.3 is 0 Å². The van der Waals surface area contributed by atoms with Gasteiger partial charge in [0, 0.05) is 25.1 Å². The predicted molar refractivity (Wildman–Crippen MR) is 81.7 cm³/mol. The molecule has 0 unspecified atom stereocenters. The van der Waals surface area contributed by atoms with E-state index in [-0.39, 0.29) is 17.4 Å². The maximum Gasteiger partial charge on any atom is 0.289 e. The quantitative estimate of drug-likeness (QED) is 0.619. The Hall–Kier alpha value is -1.59. The summed E-state index contributed by atoms with van der Waals surface area (Å²) in [5.41, 5.74) is -0.109. The van der Waals surface area contributed by atoms with Gasteiger partial charge in [-0.05, 0) is 31.4 Å². The zero-order chi connectivity index (χ0) is 15.4. The van der Waals surface area contributed by atoms with Gasteiger partial charge in [-0.3, -0.25) is 4.79 Å². The summed E-state index contributed by atoms with van der Waals surface area (Å²) in [7, 11) is 0. The van der Waals surface area contributed by atoms with Crippen LogP contribution in [0.3, 0.4) is 0 Å². The summed E-state index contributed by atoms with van der Waals surface area (Å²) >= 11 is 0. The molecule has 2 aliphatic rings. The van der Waals surface area contributed by atoms with Gasteiger partial charge in [0.05, 0.1) is 25.6 Å². The van der Waals surface area contributed by atoms with Crippen LogP contribution in [0.1, 0.15) is 29.8 Å². The number of hydrogen-bond acceptors (Lipinski definition) is 4. The molecule has 2 saturated heterocycles. The van der Waals surface area contributed by atoms with Crippen LogP contribution >= 0.6 is 0 Å². The minimum Gasteiger partial charge on any atom is -0.459 e. The van der Waals surface area contributed by atoms with Crippen LogP contribution < -0.4 is 0 Å². The molecule has 5 heteroatoms. The highest BCUT2D eigenvalue weighted by molar-refractivity contribution is 5.91. The molecule has 1 aromatic heterocycles. The molecule has 2 atom stereocenters. The maximum absolute atomic E-state index is 12.5. The van der Waals surface area contributed by atoms with Crippen molar-refractivity contribution >= 4 is 5.91 Å². The molecule has 22 heavy (non-hydrogen) atoms. The highest BCUT2D eigenvalue weighted by atomic mass is 16.5. The van der Waals surface area contributed by atoms with Crippen LogP contribution in [0.25, 0.3) is 0 Å². The summed E-state index contributed by atoms with van der Waals surface area (Å²) < 4.78 is 17.0. The third-order valence-corrected chi connectivity index (χ3v) is 4.63. The Kier molecular flexibility index (Phi) is 4.64. The Morgan fingerprint density at radius 1 is 1.59 bits per heavy atom. The minimum absolute atomic E-state index is 0.0443. The first-order valence-electron chi connectivity index (χ1n) is 7.88. The molecule has 0 aliphatic carbocycles. The van der Waals surface area contributed by atoms with Crippen molar-refractivity contribution in [2.45, 2.75) is 25.4 Å². The zero-order valence-corrected chi connectivity index (χ0v) is 12.8. The fourth-order valence-corrected chi connectivity index (χ4v) is 3.58. The summed E-state index contributed by atoms with van der Waals surface area (Å²) in [5.74, 6) is 0.356. The third kappa shape index (κ3) is 2.96. The van der Waals surface area contributed by atoms with Gasteiger partial charge in [-0.1, -0.05) is 6.08 Å². The summed E-state index contributed by atoms with van der Waals surface area (Å²) in [4.78, 5) is 14.4. The molecule has 120 valence electrons. The fourth-order valence-electron chi connectivity index (χ4n) is 3.58. The maximum atomic E-state index is 12.5. The van der Waals surface area contributed by atoms with E-state index in [1.165, 1.54) is 6.26 Å². The number of amides is 1. The molecule has 5 nitrogen and oxygen atoms in total. The average Bonchev–Trinajstić information content (AvgIpc) is 3.08. The van der Waals surface area contributed by atoms with Crippen molar-refractivity contribution in [3.63, 3.8) is 0 Å². The Balaban J connectivity index is 1.74. The van der Waals surface area contributed by atoms with Crippen molar-refractivity contribution in [3.8, 4) is 0 Å². The average molecular weight is 305 g/mol. The lowest BCUT2D eigenvalue weighted by atomic mass is 9.73. The van der Waals surface area contributed by atoms with Crippen LogP contribution in [-0.4, -0.2) is 49.8 Å². The van der Waals surface area contributed by atoms with Gasteiger partial charge in [0.15, 0.2) is 5.76 Å². The lowest BCUT2D eigenvalue weighted by molar-refractivity contribution is -0.145. The van der Waals surface area contributed by atoms with Crippen LogP contribution in [0.5, 0.6) is 0 Å². The summed E-state index contributed by atoms with van der Waals surface area (Å²) in [6, 6.07) is 3.46. The first kappa shape index (κ1) is 15.3. The number of ether oxygens (including phenoxy) is 2. The molecule has 0 bridgehead atoms. The van der Waals surface area contributed by atoms with Gasteiger partial charge in [0.1, 0.15) is 0 Å². The van der Waals surface area contributed by atoms with E-state index in [0.29, 0.717) is 32.1 Å². The lowest BCUT2D eigenvalue weighted by Crippen LogP contribution is -2.58. The number of carbonyl (C=O) groups is 1. The van der Waals surface area contributed by atoms with E-state index in [4.69, 9.17) is 13.9 Å². The third-order valence-electron chi connectivity index (χ3n) is 4.63. The molecule has 0 saturated carbocycles. The normalized spacial score (nSPS) is 28.2. The minimum atomic E-state index is -0.109. The molecule has 0 spiro atoms. The Labute approximate surface area is 130 Å². The molecule has 0 N–H and O–H groups in total. The van der Waals surface area contributed by atoms with Gasteiger partial charge in [-0.2, -0.15) is 0 Å². The van der Waals surface area contributed by atoms with Crippen LogP contribution in [0.4, 0.5) is 0 Å². The molecular weight excluding hydrogens is 282 g/mol. The second-order valence-corrected chi connectivity index (χ2v) is 6.12. The second-order valence-electron chi connectivity index (χ2n) is 6.12. The molecule has 1 amide bonds. The van der Waals surface area contributed by atoms with E-state index >= 15 is 0 Å². The molecule has 3 rings (SSSR count). The molecule has 2 fully saturated rings. The van der Waals surface area contributed by atoms with Gasteiger partial charge in [0.2, 0.25) is 0 Å². The first-order valence-corrected chi connectivity index (χ1v) is 7.88. The lowest BCUT2D eigenvalue weighted by Gasteiger charge is -2.50. The fraction of sp³-hybridized carbons (Fsp3) is 0.588. The van der Waals surface area contributed by atoms with Crippen molar-refractivity contribution in [1.82, 2.24) is 4.90 Å². The van der Waals surface area contributed by atoms with Crippen molar-refractivity contribution in [1.29, 1.82) is 0 Å². The van der Waals surface area contributed by atoms with E-state index in [1.54, 1.807) is 18.2 Å². The molecule has 0 radical (unpaired) electrons. The SMILES string of the molecule is C=CCOC[C@@]12CCCO[C@H]1CCN(C(=O)c1ccco1)C2. The Bertz CT molecular complexity index is 513. The largest absolute Gasteiger partial charge is 0.459 e. The molecular formula is C17H23NO4. The second kappa shape index (κ2) is 6.67. The van der Waals surface area contributed by atoms with Gasteiger partial charge in [-0.25, -0.2) is 0 Å². The number of furan rings is 1. The van der Waals surface area contributed by atoms with Crippen LogP contribution in [0.2, 0.25) is 0 Å². The van der Waals surface area contributed by atoms with Gasteiger partial charge in [-0.15, -0.1) is 6.58 Å². The smallest absolute Gasteiger partial charge is 0.289 e. The molecule has 3 heterocycles. The van der Waals surface area contributed by atoms with Crippen molar-refractivity contribution in [3.05, 3.63) is 36.8 Å². The van der Waals surface area contributed by atoms with Crippen LogP contribution in [0, 0.1) is 5.41 Å². The monoisotopic (exact) mass is 305 g/mol. The van der Waals surface area contributed by atoms with Gasteiger partial charge in [0.25, 0.3) is 5.91 Å². The van der Waals surface area contributed by atoms with E-state index < -0.39 is 0 Å². The number of fused-ring (bicyclic) bond motifs is 1. The summed E-state index contributed by atoms with van der Waals surface area (Å²) in [6.45, 7) is 6.99. The summed E-state index contributed by atoms with van der Waals surface area (Å²) in [5, 5.41) is 0. The molecule has 0 aromatic carbocycles. The Morgan fingerprint density at radius 3 is 3.27 bits per heavy atom. The number of piperidine rings is 1. The number of rotatable bonds is 5. The van der Waals surface area contributed by atoms with Crippen LogP contribution in [-0.2, 0) is 9.47 Å². The zero-order valence-electron chi connectivity index (χ0n) is 12.8. The standard InChI is InChI=1S/C17H23NO4/c1-2-9-20-13-17-7-4-11-22-15(17)6-8-18(12-17)16(19)14-5-3-10-21-14/h2-3,5,10,15H,1,4,6-9,11-13H2/t15-,17-/m0/s1. The highest BCUT2D eigenvalue weighted by Gasteiger charge is 2.47. The van der Waals surface area contributed by atoms with Crippen LogP contribution in [0.15, 0.2) is 35.5 Å². The number of hydrogen-bond donors (Lipinski definition) is 0. The Morgan fingerprint density at radius 2 is 2.50 bits per heavy atom. The highest BCUT2D eigenvalue weighted by Crippen LogP contribution is 2.40. The predicted octanol–water partition coefficient (Wildman–Crippen LogP) is 2.49. The van der Waals surface area contributed by atoms with Gasteiger partial charge < -0.3 is 18.8 Å². The van der Waals surface area contributed by atoms with Crippen molar-refractivity contribution < 1.29 is 18.7 Å². The number of nitrogens with zero attached hydrogens (tertiary/aromatic N) is 1. The van der Waals surface area contributed by atoms with Crippen molar-refractivity contribution in [2.24, 2.45) is 5.41 Å². The topological polar surface area (TPSA) is 51.9 Å². The molecule has 1 aromatic rings. The molecule has 2 aliphatic heterocycles. The number of carbonyl (C=O) groups excluding carboxylic acids is 1. The van der Waals surface area contributed by atoms with E-state index in [9.17, 15) is 4.79 Å². The van der Waals surface area contributed by atoms with E-state index in [2.05, 4.69) is 6.58 Å².